The molecule has 1 heterocycles. The third-order valence-electron chi connectivity index (χ3n) is 2.51. The van der Waals surface area contributed by atoms with Gasteiger partial charge in [0.2, 0.25) is 0 Å². The minimum Gasteiger partial charge on any atom is -0.373 e. The summed E-state index contributed by atoms with van der Waals surface area (Å²) < 4.78 is 0. The average Bonchev–Trinajstić information content (AvgIpc) is 2.42. The van der Waals surface area contributed by atoms with E-state index in [-0.39, 0.29) is 11.1 Å². The number of nitrogens with one attached hydrogen (secondary N) is 2. The Balaban J connectivity index is 2.31. The Morgan fingerprint density at radius 2 is 1.80 bits per heavy atom. The molecule has 0 unspecified atom stereocenters. The van der Waals surface area contributed by atoms with Crippen LogP contribution in [0.25, 0.3) is 0 Å². The van der Waals surface area contributed by atoms with E-state index in [1.54, 1.807) is 31.3 Å². The number of hydrogen-bond donors (Lipinski definition) is 2. The SMILES string of the molecule is CNc1cc(C(=O)Nc2c(Cl)cccc2Cl)cc(Cl)n1. The molecule has 0 radical (unpaired) electrons. The zero-order valence-corrected chi connectivity index (χ0v) is 12.6. The van der Waals surface area contributed by atoms with Gasteiger partial charge < -0.3 is 10.6 Å². The highest BCUT2D eigenvalue weighted by atomic mass is 35.5. The summed E-state index contributed by atoms with van der Waals surface area (Å²) in [6, 6.07) is 8.01. The Labute approximate surface area is 131 Å². The summed E-state index contributed by atoms with van der Waals surface area (Å²) in [4.78, 5) is 16.2. The van der Waals surface area contributed by atoms with Crippen LogP contribution in [0.1, 0.15) is 10.4 Å². The van der Waals surface area contributed by atoms with Crippen molar-refractivity contribution in [3.05, 3.63) is 51.1 Å². The first kappa shape index (κ1) is 14.9. The highest BCUT2D eigenvalue weighted by Crippen LogP contribution is 2.30. The molecule has 20 heavy (non-hydrogen) atoms. The first-order chi connectivity index (χ1) is 9.51. The van der Waals surface area contributed by atoms with Crippen LogP contribution in [-0.4, -0.2) is 17.9 Å². The lowest BCUT2D eigenvalue weighted by Gasteiger charge is -2.10. The first-order valence-corrected chi connectivity index (χ1v) is 6.75. The van der Waals surface area contributed by atoms with Gasteiger partial charge in [-0.05, 0) is 24.3 Å². The molecule has 0 saturated carbocycles. The zero-order valence-electron chi connectivity index (χ0n) is 10.4. The number of para-hydroxylation sites is 1. The van der Waals surface area contributed by atoms with Crippen LogP contribution in [0.4, 0.5) is 11.5 Å². The second-order valence-corrected chi connectivity index (χ2v) is 5.07. The van der Waals surface area contributed by atoms with Crippen molar-refractivity contribution in [1.82, 2.24) is 4.98 Å². The standard InChI is InChI=1S/C13H10Cl3N3O/c1-17-11-6-7(5-10(16)18-11)13(20)19-12-8(14)3-2-4-9(12)15/h2-6H,1H3,(H,17,18)(H,19,20). The number of nitrogens with zero attached hydrogens (tertiary/aromatic N) is 1. The van der Waals surface area contributed by atoms with Crippen molar-refractivity contribution in [1.29, 1.82) is 0 Å². The van der Waals surface area contributed by atoms with Gasteiger partial charge in [0.1, 0.15) is 11.0 Å². The molecule has 2 rings (SSSR count). The summed E-state index contributed by atoms with van der Waals surface area (Å²) in [6.07, 6.45) is 0. The minimum atomic E-state index is -0.374. The van der Waals surface area contributed by atoms with E-state index in [2.05, 4.69) is 15.6 Å². The number of hydrogen-bond acceptors (Lipinski definition) is 3. The van der Waals surface area contributed by atoms with Crippen LogP contribution in [0.5, 0.6) is 0 Å². The molecule has 0 bridgehead atoms. The second-order valence-electron chi connectivity index (χ2n) is 3.86. The predicted molar refractivity (Wildman–Crippen MR) is 83.2 cm³/mol. The van der Waals surface area contributed by atoms with Gasteiger partial charge in [0.25, 0.3) is 5.91 Å². The third kappa shape index (κ3) is 3.33. The molecule has 0 atom stereocenters. The van der Waals surface area contributed by atoms with Gasteiger partial charge in [-0.15, -0.1) is 0 Å². The lowest BCUT2D eigenvalue weighted by molar-refractivity contribution is 0.102. The van der Waals surface area contributed by atoms with Crippen molar-refractivity contribution in [2.45, 2.75) is 0 Å². The minimum absolute atomic E-state index is 0.215. The van der Waals surface area contributed by atoms with E-state index in [0.717, 1.165) is 0 Å². The van der Waals surface area contributed by atoms with Crippen LogP contribution in [-0.2, 0) is 0 Å². The Kier molecular flexibility index (Phi) is 4.70. The Hall–Kier alpha value is -1.49. The molecule has 0 aliphatic carbocycles. The zero-order chi connectivity index (χ0) is 14.7. The lowest BCUT2D eigenvalue weighted by Crippen LogP contribution is -2.13. The van der Waals surface area contributed by atoms with E-state index < -0.39 is 0 Å². The fourth-order valence-electron chi connectivity index (χ4n) is 1.56. The highest BCUT2D eigenvalue weighted by molar-refractivity contribution is 6.40. The Morgan fingerprint density at radius 3 is 2.40 bits per heavy atom. The van der Waals surface area contributed by atoms with E-state index >= 15 is 0 Å². The van der Waals surface area contributed by atoms with Crippen molar-refractivity contribution in [3.63, 3.8) is 0 Å². The van der Waals surface area contributed by atoms with Gasteiger partial charge in [-0.3, -0.25) is 4.79 Å². The first-order valence-electron chi connectivity index (χ1n) is 5.62. The van der Waals surface area contributed by atoms with Gasteiger partial charge in [0.15, 0.2) is 0 Å². The molecular formula is C13H10Cl3N3O. The number of amides is 1. The number of pyridine rings is 1. The molecule has 2 aromatic rings. The van der Waals surface area contributed by atoms with Crippen molar-refractivity contribution >= 4 is 52.2 Å². The van der Waals surface area contributed by atoms with Crippen LogP contribution in [0.15, 0.2) is 30.3 Å². The van der Waals surface area contributed by atoms with Crippen LogP contribution in [0.2, 0.25) is 15.2 Å². The maximum absolute atomic E-state index is 12.2. The second kappa shape index (κ2) is 6.31. The lowest BCUT2D eigenvalue weighted by atomic mass is 10.2. The Bertz CT molecular complexity index is 641. The van der Waals surface area contributed by atoms with E-state index in [1.807, 2.05) is 0 Å². The number of halogens is 3. The largest absolute Gasteiger partial charge is 0.373 e. The summed E-state index contributed by atoms with van der Waals surface area (Å²) in [7, 11) is 1.69. The van der Waals surface area contributed by atoms with Crippen LogP contribution >= 0.6 is 34.8 Å². The fraction of sp³-hybridized carbons (Fsp3) is 0.0769. The van der Waals surface area contributed by atoms with Gasteiger partial charge >= 0.3 is 0 Å². The molecule has 104 valence electrons. The summed E-state index contributed by atoms with van der Waals surface area (Å²) in [5.74, 6) is 0.119. The topological polar surface area (TPSA) is 54.0 Å². The average molecular weight is 331 g/mol. The van der Waals surface area contributed by atoms with E-state index in [0.29, 0.717) is 27.1 Å². The Morgan fingerprint density at radius 1 is 1.15 bits per heavy atom. The summed E-state index contributed by atoms with van der Waals surface area (Å²) >= 11 is 17.9. The normalized spacial score (nSPS) is 10.2. The molecule has 7 heteroatoms. The van der Waals surface area contributed by atoms with E-state index in [4.69, 9.17) is 34.8 Å². The van der Waals surface area contributed by atoms with Crippen LogP contribution < -0.4 is 10.6 Å². The molecule has 0 aliphatic heterocycles. The molecule has 2 N–H and O–H groups in total. The van der Waals surface area contributed by atoms with Gasteiger partial charge in [-0.1, -0.05) is 40.9 Å². The number of carbonyl (C=O) groups is 1. The highest BCUT2D eigenvalue weighted by Gasteiger charge is 2.13. The number of benzene rings is 1. The number of anilines is 2. The van der Waals surface area contributed by atoms with Gasteiger partial charge in [-0.2, -0.15) is 0 Å². The molecular weight excluding hydrogens is 321 g/mol. The maximum atomic E-state index is 12.2. The van der Waals surface area contributed by atoms with Gasteiger partial charge in [0, 0.05) is 12.6 Å². The summed E-state index contributed by atoms with van der Waals surface area (Å²) in [6.45, 7) is 0. The molecule has 1 aromatic carbocycles. The van der Waals surface area contributed by atoms with Crippen LogP contribution in [0, 0.1) is 0 Å². The fourth-order valence-corrected chi connectivity index (χ4v) is 2.26. The molecule has 0 saturated heterocycles. The molecule has 1 amide bonds. The monoisotopic (exact) mass is 329 g/mol. The van der Waals surface area contributed by atoms with Crippen molar-refractivity contribution in [2.75, 3.05) is 17.7 Å². The molecule has 0 fully saturated rings. The molecule has 1 aromatic heterocycles. The maximum Gasteiger partial charge on any atom is 0.255 e. The van der Waals surface area contributed by atoms with E-state index in [1.165, 1.54) is 6.07 Å². The number of aromatic nitrogens is 1. The van der Waals surface area contributed by atoms with Crippen molar-refractivity contribution in [3.8, 4) is 0 Å². The van der Waals surface area contributed by atoms with Gasteiger partial charge in [-0.25, -0.2) is 4.98 Å². The number of carbonyl (C=O) groups excluding carboxylic acids is 1. The number of rotatable bonds is 3. The molecule has 0 spiro atoms. The van der Waals surface area contributed by atoms with E-state index in [9.17, 15) is 4.79 Å². The molecule has 4 nitrogen and oxygen atoms in total. The summed E-state index contributed by atoms with van der Waals surface area (Å²) in [5, 5.41) is 6.42. The molecule has 0 aliphatic rings. The summed E-state index contributed by atoms with van der Waals surface area (Å²) in [5.41, 5.74) is 0.713. The smallest absolute Gasteiger partial charge is 0.255 e. The quantitative estimate of drug-likeness (QED) is 0.823. The van der Waals surface area contributed by atoms with Gasteiger partial charge in [0.05, 0.1) is 15.7 Å². The predicted octanol–water partition coefficient (Wildman–Crippen LogP) is 4.34. The van der Waals surface area contributed by atoms with Crippen molar-refractivity contribution in [2.24, 2.45) is 0 Å². The van der Waals surface area contributed by atoms with Crippen LogP contribution in [0.3, 0.4) is 0 Å². The van der Waals surface area contributed by atoms with Crippen molar-refractivity contribution < 1.29 is 4.79 Å². The third-order valence-corrected chi connectivity index (χ3v) is 3.34.